The molecule has 150 valence electrons. The molecule has 0 bridgehead atoms. The van der Waals surface area contributed by atoms with Gasteiger partial charge in [-0.3, -0.25) is 10.1 Å². The fourth-order valence-electron chi connectivity index (χ4n) is 4.64. The topological polar surface area (TPSA) is 72.7 Å². The van der Waals surface area contributed by atoms with Gasteiger partial charge in [-0.25, -0.2) is 4.79 Å². The number of benzene rings is 2. The Hall–Kier alpha value is -3.15. The number of ether oxygens (including phenoxy) is 1. The van der Waals surface area contributed by atoms with Crippen molar-refractivity contribution in [2.45, 2.75) is 38.6 Å². The van der Waals surface area contributed by atoms with Crippen molar-refractivity contribution < 1.29 is 14.5 Å². The van der Waals surface area contributed by atoms with Crippen LogP contribution in [-0.4, -0.2) is 17.5 Å². The molecule has 0 amide bonds. The molecule has 0 saturated heterocycles. The first-order chi connectivity index (χ1) is 14.1. The molecule has 0 aromatic heterocycles. The van der Waals surface area contributed by atoms with Crippen LogP contribution >= 0.6 is 0 Å². The smallest absolute Gasteiger partial charge is 0.354 e. The lowest BCUT2D eigenvalue weighted by molar-refractivity contribution is -0.384. The first kappa shape index (κ1) is 19.2. The molecule has 1 aliphatic heterocycles. The molecular weight excluding hydrogens is 368 g/mol. The summed E-state index contributed by atoms with van der Waals surface area (Å²) in [5, 5.41) is 11.1. The molecule has 0 unspecified atom stereocenters. The van der Waals surface area contributed by atoms with Gasteiger partial charge in [-0.05, 0) is 49.5 Å². The Labute approximate surface area is 169 Å². The van der Waals surface area contributed by atoms with E-state index in [9.17, 15) is 14.9 Å². The summed E-state index contributed by atoms with van der Waals surface area (Å²) in [7, 11) is 0. The molecule has 2 atom stereocenters. The highest BCUT2D eigenvalue weighted by Gasteiger charge is 2.45. The van der Waals surface area contributed by atoms with E-state index in [2.05, 4.69) is 12.1 Å². The van der Waals surface area contributed by atoms with Gasteiger partial charge in [-0.2, -0.15) is 0 Å². The number of esters is 1. The van der Waals surface area contributed by atoms with E-state index >= 15 is 0 Å². The number of fused-ring (bicyclic) bond motifs is 1. The predicted molar refractivity (Wildman–Crippen MR) is 110 cm³/mol. The highest BCUT2D eigenvalue weighted by molar-refractivity contribution is 5.95. The third kappa shape index (κ3) is 3.50. The van der Waals surface area contributed by atoms with E-state index in [0.29, 0.717) is 12.3 Å². The minimum Gasteiger partial charge on any atom is -0.461 e. The van der Waals surface area contributed by atoms with Gasteiger partial charge in [0.2, 0.25) is 0 Å². The molecule has 1 heterocycles. The molecule has 2 aromatic rings. The SMILES string of the molecule is CCOC(=O)C1=C2CCCC[C@H]2[C@H](c2ccccc2)N1c1ccc([N+](=O)[O-])cc1. The lowest BCUT2D eigenvalue weighted by atomic mass is 9.79. The maximum Gasteiger partial charge on any atom is 0.354 e. The molecule has 4 rings (SSSR count). The normalized spacial score (nSPS) is 21.1. The first-order valence-corrected chi connectivity index (χ1v) is 10.1. The number of hydrogen-bond donors (Lipinski definition) is 0. The van der Waals surface area contributed by atoms with Gasteiger partial charge in [0.1, 0.15) is 5.70 Å². The number of rotatable bonds is 5. The van der Waals surface area contributed by atoms with Crippen molar-refractivity contribution in [2.75, 3.05) is 11.5 Å². The Balaban J connectivity index is 1.86. The van der Waals surface area contributed by atoms with Crippen molar-refractivity contribution in [3.8, 4) is 0 Å². The molecule has 0 radical (unpaired) electrons. The molecule has 1 aliphatic carbocycles. The van der Waals surface area contributed by atoms with Crippen LogP contribution in [0.4, 0.5) is 11.4 Å². The summed E-state index contributed by atoms with van der Waals surface area (Å²) >= 11 is 0. The van der Waals surface area contributed by atoms with Gasteiger partial charge in [0.25, 0.3) is 5.69 Å². The minimum atomic E-state index is -0.410. The van der Waals surface area contributed by atoms with Gasteiger partial charge in [0.15, 0.2) is 0 Å². The molecule has 0 N–H and O–H groups in total. The van der Waals surface area contributed by atoms with Crippen molar-refractivity contribution in [3.05, 3.63) is 81.5 Å². The van der Waals surface area contributed by atoms with Crippen LogP contribution in [0.2, 0.25) is 0 Å². The van der Waals surface area contributed by atoms with Crippen LogP contribution in [0.1, 0.15) is 44.2 Å². The van der Waals surface area contributed by atoms with Crippen LogP contribution in [0.5, 0.6) is 0 Å². The second-order valence-electron chi connectivity index (χ2n) is 7.45. The number of carbonyl (C=O) groups excluding carboxylic acids is 1. The van der Waals surface area contributed by atoms with Crippen LogP contribution < -0.4 is 4.90 Å². The van der Waals surface area contributed by atoms with E-state index in [0.717, 1.165) is 42.5 Å². The summed E-state index contributed by atoms with van der Waals surface area (Å²) in [5.74, 6) is -0.0769. The maximum atomic E-state index is 13.0. The molecule has 29 heavy (non-hydrogen) atoms. The molecule has 0 spiro atoms. The standard InChI is InChI=1S/C23H24N2O4/c1-2-29-23(26)22-20-11-7-6-10-19(20)21(16-8-4-3-5-9-16)24(22)17-12-14-18(15-13-17)25(27)28/h3-5,8-9,12-15,19,21H,2,6-7,10-11H2,1H3/t19-,21+/m1/s1. The summed E-state index contributed by atoms with van der Waals surface area (Å²) < 4.78 is 5.43. The lowest BCUT2D eigenvalue weighted by Gasteiger charge is -2.33. The van der Waals surface area contributed by atoms with Crippen LogP contribution in [-0.2, 0) is 9.53 Å². The quantitative estimate of drug-likeness (QED) is 0.399. The molecule has 2 aromatic carbocycles. The van der Waals surface area contributed by atoms with E-state index < -0.39 is 4.92 Å². The zero-order valence-electron chi connectivity index (χ0n) is 16.4. The van der Waals surface area contributed by atoms with Crippen molar-refractivity contribution in [2.24, 2.45) is 5.92 Å². The monoisotopic (exact) mass is 392 g/mol. The van der Waals surface area contributed by atoms with Crippen LogP contribution in [0.25, 0.3) is 0 Å². The Morgan fingerprint density at radius 3 is 2.52 bits per heavy atom. The van der Waals surface area contributed by atoms with Crippen LogP contribution in [0.15, 0.2) is 65.9 Å². The number of nitrogens with zero attached hydrogens (tertiary/aromatic N) is 2. The van der Waals surface area contributed by atoms with E-state index in [1.54, 1.807) is 19.1 Å². The number of carbonyl (C=O) groups is 1. The average Bonchev–Trinajstić information content (AvgIpc) is 3.10. The van der Waals surface area contributed by atoms with Gasteiger partial charge in [-0.15, -0.1) is 0 Å². The maximum absolute atomic E-state index is 13.0. The molecule has 1 saturated carbocycles. The number of nitro benzene ring substituents is 1. The molecule has 2 aliphatic rings. The van der Waals surface area contributed by atoms with E-state index in [1.165, 1.54) is 12.1 Å². The van der Waals surface area contributed by atoms with Crippen LogP contribution in [0.3, 0.4) is 0 Å². The van der Waals surface area contributed by atoms with Gasteiger partial charge in [-0.1, -0.05) is 36.8 Å². The molecule has 1 fully saturated rings. The van der Waals surface area contributed by atoms with Gasteiger partial charge < -0.3 is 9.64 Å². The summed E-state index contributed by atoms with van der Waals surface area (Å²) in [5.41, 5.74) is 3.71. The summed E-state index contributed by atoms with van der Waals surface area (Å²) in [4.78, 5) is 25.7. The third-order valence-electron chi connectivity index (χ3n) is 5.81. The van der Waals surface area contributed by atoms with Crippen molar-refractivity contribution >= 4 is 17.3 Å². The van der Waals surface area contributed by atoms with Crippen molar-refractivity contribution in [1.29, 1.82) is 0 Å². The zero-order valence-corrected chi connectivity index (χ0v) is 16.4. The Morgan fingerprint density at radius 2 is 1.86 bits per heavy atom. The number of non-ortho nitro benzene ring substituents is 1. The Morgan fingerprint density at radius 1 is 1.14 bits per heavy atom. The highest BCUT2D eigenvalue weighted by atomic mass is 16.6. The second-order valence-corrected chi connectivity index (χ2v) is 7.45. The van der Waals surface area contributed by atoms with Gasteiger partial charge >= 0.3 is 5.97 Å². The summed E-state index contributed by atoms with van der Waals surface area (Å²) in [6, 6.07) is 16.6. The van der Waals surface area contributed by atoms with Crippen LogP contribution in [0, 0.1) is 16.0 Å². The predicted octanol–water partition coefficient (Wildman–Crippen LogP) is 5.16. The van der Waals surface area contributed by atoms with E-state index in [1.807, 2.05) is 23.1 Å². The number of nitro groups is 1. The van der Waals surface area contributed by atoms with E-state index in [4.69, 9.17) is 4.74 Å². The summed E-state index contributed by atoms with van der Waals surface area (Å²) in [6.07, 6.45) is 4.08. The second kappa shape index (κ2) is 8.07. The van der Waals surface area contributed by atoms with Crippen molar-refractivity contribution in [3.63, 3.8) is 0 Å². The number of hydrogen-bond acceptors (Lipinski definition) is 5. The average molecular weight is 392 g/mol. The highest BCUT2D eigenvalue weighted by Crippen LogP contribution is 2.52. The molecule has 6 heteroatoms. The van der Waals surface area contributed by atoms with Crippen molar-refractivity contribution in [1.82, 2.24) is 0 Å². The fraction of sp³-hybridized carbons (Fsp3) is 0.348. The minimum absolute atomic E-state index is 0.0210. The third-order valence-corrected chi connectivity index (χ3v) is 5.81. The lowest BCUT2D eigenvalue weighted by Crippen LogP contribution is -2.30. The fourth-order valence-corrected chi connectivity index (χ4v) is 4.64. The number of anilines is 1. The Bertz CT molecular complexity index is 937. The zero-order chi connectivity index (χ0) is 20.4. The van der Waals surface area contributed by atoms with E-state index in [-0.39, 0.29) is 23.6 Å². The van der Waals surface area contributed by atoms with Gasteiger partial charge in [0.05, 0.1) is 17.6 Å². The largest absolute Gasteiger partial charge is 0.461 e. The Kier molecular flexibility index (Phi) is 5.34. The first-order valence-electron chi connectivity index (χ1n) is 10.1. The summed E-state index contributed by atoms with van der Waals surface area (Å²) in [6.45, 7) is 2.12. The molecule has 6 nitrogen and oxygen atoms in total. The molecular formula is C23H24N2O4. The van der Waals surface area contributed by atoms with Gasteiger partial charge in [0, 0.05) is 23.7 Å².